The first-order chi connectivity index (χ1) is 9.61. The zero-order valence-corrected chi connectivity index (χ0v) is 13.1. The number of carbonyl (C=O) groups excluding carboxylic acids is 1. The maximum absolute atomic E-state index is 12.6. The molecule has 1 aromatic carbocycles. The number of rotatable bonds is 2. The van der Waals surface area contributed by atoms with E-state index >= 15 is 0 Å². The molecular formula is C15H16N2OS2. The largest absolute Gasteiger partial charge is 0.349 e. The van der Waals surface area contributed by atoms with Gasteiger partial charge in [-0.2, -0.15) is 0 Å². The van der Waals surface area contributed by atoms with E-state index < -0.39 is 0 Å². The van der Waals surface area contributed by atoms with Crippen molar-refractivity contribution in [2.24, 2.45) is 5.92 Å². The summed E-state index contributed by atoms with van der Waals surface area (Å²) in [6.45, 7) is 4.62. The Bertz CT molecular complexity index is 594. The van der Waals surface area contributed by atoms with Gasteiger partial charge in [-0.3, -0.25) is 9.69 Å². The van der Waals surface area contributed by atoms with Crippen molar-refractivity contribution in [1.29, 1.82) is 0 Å². The minimum atomic E-state index is -0.144. The van der Waals surface area contributed by atoms with Crippen LogP contribution >= 0.6 is 24.0 Å². The number of thioether (sulfide) groups is 1. The molecule has 1 aromatic rings. The highest BCUT2D eigenvalue weighted by atomic mass is 32.2. The standard InChI is InChI=1S/C15H16N2OS2/c1-3-17-14(18)12-11(8-20-13(12)16-15(17)19)10-6-4-9(2)5-7-10/h4-8,12-13H,3H2,1-2H3,(H,16,19). The van der Waals surface area contributed by atoms with Crippen molar-refractivity contribution >= 4 is 40.6 Å². The van der Waals surface area contributed by atoms with Crippen LogP contribution in [0.5, 0.6) is 0 Å². The summed E-state index contributed by atoms with van der Waals surface area (Å²) in [4.78, 5) is 14.3. The topological polar surface area (TPSA) is 32.3 Å². The molecule has 5 heteroatoms. The van der Waals surface area contributed by atoms with Gasteiger partial charge in [0.25, 0.3) is 0 Å². The van der Waals surface area contributed by atoms with Crippen molar-refractivity contribution in [3.63, 3.8) is 0 Å². The lowest BCUT2D eigenvalue weighted by Crippen LogP contribution is -2.57. The molecule has 2 aliphatic rings. The number of nitrogens with one attached hydrogen (secondary N) is 1. The Hall–Kier alpha value is -1.33. The van der Waals surface area contributed by atoms with Crippen molar-refractivity contribution in [3.8, 4) is 0 Å². The molecule has 2 heterocycles. The van der Waals surface area contributed by atoms with Crippen LogP contribution in [-0.2, 0) is 4.79 Å². The highest BCUT2D eigenvalue weighted by molar-refractivity contribution is 8.03. The lowest BCUT2D eigenvalue weighted by Gasteiger charge is -2.36. The van der Waals surface area contributed by atoms with Gasteiger partial charge in [-0.1, -0.05) is 29.8 Å². The van der Waals surface area contributed by atoms with Gasteiger partial charge in [-0.15, -0.1) is 11.8 Å². The summed E-state index contributed by atoms with van der Waals surface area (Å²) in [5.74, 6) is -0.0348. The number of hydrogen-bond donors (Lipinski definition) is 1. The smallest absolute Gasteiger partial charge is 0.239 e. The average molecular weight is 304 g/mol. The monoisotopic (exact) mass is 304 g/mol. The number of carbonyl (C=O) groups is 1. The van der Waals surface area contributed by atoms with Gasteiger partial charge in [-0.05, 0) is 42.6 Å². The molecule has 2 aliphatic heterocycles. The second-order valence-corrected chi connectivity index (χ2v) is 6.41. The molecule has 3 rings (SSSR count). The highest BCUT2D eigenvalue weighted by Gasteiger charge is 2.44. The minimum absolute atomic E-state index is 0.0362. The van der Waals surface area contributed by atoms with Crippen LogP contribution < -0.4 is 5.32 Å². The van der Waals surface area contributed by atoms with E-state index in [2.05, 4.69) is 41.9 Å². The number of hydrogen-bond acceptors (Lipinski definition) is 3. The van der Waals surface area contributed by atoms with E-state index in [-0.39, 0.29) is 17.2 Å². The molecule has 104 valence electrons. The fourth-order valence-corrected chi connectivity index (χ4v) is 4.20. The lowest BCUT2D eigenvalue weighted by molar-refractivity contribution is -0.130. The Morgan fingerprint density at radius 2 is 2.05 bits per heavy atom. The van der Waals surface area contributed by atoms with Crippen molar-refractivity contribution in [1.82, 2.24) is 10.2 Å². The minimum Gasteiger partial charge on any atom is -0.349 e. The summed E-state index contributed by atoms with van der Waals surface area (Å²) in [6, 6.07) is 8.33. The SMILES string of the molecule is CCN1C(=O)C2C(c3ccc(C)cc3)=CSC2NC1=S. The first-order valence-corrected chi connectivity index (χ1v) is 8.01. The van der Waals surface area contributed by atoms with Crippen molar-refractivity contribution in [2.75, 3.05) is 6.54 Å². The van der Waals surface area contributed by atoms with E-state index in [1.165, 1.54) is 5.56 Å². The first kappa shape index (κ1) is 13.6. The van der Waals surface area contributed by atoms with Gasteiger partial charge in [-0.25, -0.2) is 0 Å². The Morgan fingerprint density at radius 1 is 1.35 bits per heavy atom. The van der Waals surface area contributed by atoms with Crippen LogP contribution in [0, 0.1) is 12.8 Å². The highest BCUT2D eigenvalue weighted by Crippen LogP contribution is 2.42. The Kier molecular flexibility index (Phi) is 3.56. The van der Waals surface area contributed by atoms with Crippen molar-refractivity contribution < 1.29 is 4.79 Å². The Morgan fingerprint density at radius 3 is 2.70 bits per heavy atom. The molecule has 20 heavy (non-hydrogen) atoms. The second kappa shape index (κ2) is 5.22. The maximum Gasteiger partial charge on any atom is 0.239 e. The van der Waals surface area contributed by atoms with Crippen LogP contribution in [0.15, 0.2) is 29.7 Å². The van der Waals surface area contributed by atoms with E-state index in [4.69, 9.17) is 12.2 Å². The number of aryl methyl sites for hydroxylation is 1. The molecule has 0 bridgehead atoms. The zero-order valence-electron chi connectivity index (χ0n) is 11.4. The first-order valence-electron chi connectivity index (χ1n) is 6.66. The lowest BCUT2D eigenvalue weighted by atomic mass is 9.91. The molecule has 0 radical (unpaired) electrons. The number of fused-ring (bicyclic) bond motifs is 1. The molecular weight excluding hydrogens is 288 g/mol. The van der Waals surface area contributed by atoms with Gasteiger partial charge < -0.3 is 5.32 Å². The number of nitrogens with zero attached hydrogens (tertiary/aromatic N) is 1. The maximum atomic E-state index is 12.6. The van der Waals surface area contributed by atoms with Gasteiger partial charge in [0.1, 0.15) is 0 Å². The molecule has 0 spiro atoms. The molecule has 3 nitrogen and oxygen atoms in total. The third kappa shape index (κ3) is 2.15. The van der Waals surface area contributed by atoms with Gasteiger partial charge in [0.05, 0.1) is 11.3 Å². The van der Waals surface area contributed by atoms with Crippen LogP contribution in [0.1, 0.15) is 18.1 Å². The molecule has 2 atom stereocenters. The van der Waals surface area contributed by atoms with E-state index in [0.717, 1.165) is 11.1 Å². The number of thiocarbonyl (C=S) groups is 1. The number of benzene rings is 1. The van der Waals surface area contributed by atoms with Crippen LogP contribution in [0.4, 0.5) is 0 Å². The predicted molar refractivity (Wildman–Crippen MR) is 87.1 cm³/mol. The normalized spacial score (nSPS) is 25.3. The van der Waals surface area contributed by atoms with Crippen LogP contribution in [0.25, 0.3) is 5.57 Å². The molecule has 1 amide bonds. The van der Waals surface area contributed by atoms with Gasteiger partial charge in [0.15, 0.2) is 5.11 Å². The summed E-state index contributed by atoms with van der Waals surface area (Å²) in [7, 11) is 0. The van der Waals surface area contributed by atoms with Gasteiger partial charge >= 0.3 is 0 Å². The van der Waals surface area contributed by atoms with Crippen LogP contribution in [0.3, 0.4) is 0 Å². The fourth-order valence-electron chi connectivity index (χ4n) is 2.60. The molecule has 1 saturated heterocycles. The van der Waals surface area contributed by atoms with Gasteiger partial charge in [0, 0.05) is 6.54 Å². The van der Waals surface area contributed by atoms with E-state index in [9.17, 15) is 4.79 Å². The number of amides is 1. The third-order valence-electron chi connectivity index (χ3n) is 3.72. The van der Waals surface area contributed by atoms with E-state index in [1.54, 1.807) is 16.7 Å². The summed E-state index contributed by atoms with van der Waals surface area (Å²) >= 11 is 6.90. The summed E-state index contributed by atoms with van der Waals surface area (Å²) in [5, 5.41) is 5.94. The molecule has 0 aromatic heterocycles. The molecule has 0 aliphatic carbocycles. The summed E-state index contributed by atoms with van der Waals surface area (Å²) in [5.41, 5.74) is 3.44. The van der Waals surface area contributed by atoms with Crippen LogP contribution in [0.2, 0.25) is 0 Å². The fraction of sp³-hybridized carbons (Fsp3) is 0.333. The molecule has 1 fully saturated rings. The van der Waals surface area contributed by atoms with E-state index in [0.29, 0.717) is 11.7 Å². The molecule has 2 unspecified atom stereocenters. The Labute approximate surface area is 128 Å². The average Bonchev–Trinajstić information content (AvgIpc) is 2.84. The van der Waals surface area contributed by atoms with E-state index in [1.807, 2.05) is 6.92 Å². The third-order valence-corrected chi connectivity index (χ3v) is 5.14. The predicted octanol–water partition coefficient (Wildman–Crippen LogP) is 2.76. The second-order valence-electron chi connectivity index (χ2n) is 5.01. The summed E-state index contributed by atoms with van der Waals surface area (Å²) in [6.07, 6.45) is 0. The van der Waals surface area contributed by atoms with Gasteiger partial charge in [0.2, 0.25) is 5.91 Å². The molecule has 0 saturated carbocycles. The van der Waals surface area contributed by atoms with Crippen LogP contribution in [-0.4, -0.2) is 27.8 Å². The zero-order chi connectivity index (χ0) is 14.3. The quantitative estimate of drug-likeness (QED) is 0.852. The van der Waals surface area contributed by atoms with Crippen molar-refractivity contribution in [3.05, 3.63) is 40.8 Å². The Balaban J connectivity index is 1.93. The molecule has 1 N–H and O–H groups in total. The summed E-state index contributed by atoms with van der Waals surface area (Å²) < 4.78 is 0. The van der Waals surface area contributed by atoms with Crippen molar-refractivity contribution in [2.45, 2.75) is 19.2 Å².